The molecule has 0 bridgehead atoms. The molecule has 0 spiro atoms. The second-order valence-electron chi connectivity index (χ2n) is 5.24. The number of nitrogens with zero attached hydrogens (tertiary/aromatic N) is 2. The van der Waals surface area contributed by atoms with E-state index in [1.165, 1.54) is 16.9 Å². The first-order chi connectivity index (χ1) is 12.2. The Hall–Kier alpha value is -1.45. The molecule has 0 aliphatic heterocycles. The van der Waals surface area contributed by atoms with Gasteiger partial charge in [0.1, 0.15) is 0 Å². The molecule has 0 aliphatic carbocycles. The molecule has 0 aliphatic rings. The summed E-state index contributed by atoms with van der Waals surface area (Å²) in [6.45, 7) is 0. The van der Waals surface area contributed by atoms with Crippen molar-refractivity contribution < 1.29 is 4.79 Å². The summed E-state index contributed by atoms with van der Waals surface area (Å²) in [6.07, 6.45) is 2.14. The van der Waals surface area contributed by atoms with Crippen molar-refractivity contribution in [3.63, 3.8) is 0 Å². The molecule has 0 fully saturated rings. The minimum Gasteiger partial charge on any atom is -0.296 e. The van der Waals surface area contributed by atoms with Gasteiger partial charge < -0.3 is 0 Å². The van der Waals surface area contributed by atoms with Crippen molar-refractivity contribution in [2.75, 3.05) is 11.1 Å². The van der Waals surface area contributed by atoms with E-state index in [0.717, 1.165) is 26.5 Å². The highest BCUT2D eigenvalue weighted by Gasteiger charge is 2.12. The molecule has 3 rings (SSSR count). The van der Waals surface area contributed by atoms with Crippen molar-refractivity contribution in [1.82, 2.24) is 10.2 Å². The summed E-state index contributed by atoms with van der Waals surface area (Å²) in [4.78, 5) is 12.3. The van der Waals surface area contributed by atoms with Crippen molar-refractivity contribution in [3.05, 3.63) is 69.3 Å². The van der Waals surface area contributed by atoms with Crippen LogP contribution in [-0.4, -0.2) is 21.9 Å². The van der Waals surface area contributed by atoms with Gasteiger partial charge in [0.2, 0.25) is 5.13 Å². The lowest BCUT2D eigenvalue weighted by molar-refractivity contribution is 0.102. The maximum atomic E-state index is 12.3. The molecule has 25 heavy (non-hydrogen) atoms. The first-order valence-electron chi connectivity index (χ1n) is 7.78. The number of benzene rings is 2. The summed E-state index contributed by atoms with van der Waals surface area (Å²) < 4.78 is 1.80. The number of carbonyl (C=O) groups is 1. The minimum absolute atomic E-state index is 0.151. The molecule has 7 heteroatoms. The molecule has 4 nitrogen and oxygen atoms in total. The number of rotatable bonds is 7. The standard InChI is InChI=1S/C18H16IN3OS2/c19-15-11-5-4-10-14(15)16(23)20-17-21-22-18(25-17)24-12-6-9-13-7-2-1-3-8-13/h1-5,7-8,10-11H,6,9,12H2,(H,20,21,23). The smallest absolute Gasteiger partial charge is 0.258 e. The predicted molar refractivity (Wildman–Crippen MR) is 113 cm³/mol. The molecule has 2 aromatic carbocycles. The van der Waals surface area contributed by atoms with Crippen LogP contribution in [0.4, 0.5) is 5.13 Å². The van der Waals surface area contributed by atoms with Crippen LogP contribution in [0.15, 0.2) is 58.9 Å². The van der Waals surface area contributed by atoms with Gasteiger partial charge in [-0.25, -0.2) is 0 Å². The number of hydrogen-bond acceptors (Lipinski definition) is 5. The van der Waals surface area contributed by atoms with Gasteiger partial charge in [-0.3, -0.25) is 10.1 Å². The van der Waals surface area contributed by atoms with Gasteiger partial charge in [-0.1, -0.05) is 65.6 Å². The number of nitrogens with one attached hydrogen (secondary N) is 1. The maximum Gasteiger partial charge on any atom is 0.258 e. The van der Waals surface area contributed by atoms with E-state index in [0.29, 0.717) is 10.7 Å². The van der Waals surface area contributed by atoms with Crippen LogP contribution >= 0.6 is 45.7 Å². The molecule has 0 saturated heterocycles. The molecule has 0 radical (unpaired) electrons. The molecular weight excluding hydrogens is 465 g/mol. The molecule has 3 aromatic rings. The molecule has 0 atom stereocenters. The van der Waals surface area contributed by atoms with E-state index in [9.17, 15) is 4.79 Å². The lowest BCUT2D eigenvalue weighted by Crippen LogP contribution is -2.13. The van der Waals surface area contributed by atoms with Crippen LogP contribution < -0.4 is 5.32 Å². The van der Waals surface area contributed by atoms with E-state index >= 15 is 0 Å². The third kappa shape index (κ3) is 5.52. The Labute approximate surface area is 168 Å². The SMILES string of the molecule is O=C(Nc1nnc(SCCCc2ccccc2)s1)c1ccccc1I. The molecule has 0 saturated carbocycles. The summed E-state index contributed by atoms with van der Waals surface area (Å²) in [5, 5.41) is 11.6. The Bertz CT molecular complexity index is 839. The van der Waals surface area contributed by atoms with E-state index in [-0.39, 0.29) is 5.91 Å². The van der Waals surface area contributed by atoms with Crippen LogP contribution in [0.1, 0.15) is 22.3 Å². The Morgan fingerprint density at radius 1 is 1.08 bits per heavy atom. The zero-order valence-electron chi connectivity index (χ0n) is 13.3. The van der Waals surface area contributed by atoms with Gasteiger partial charge in [-0.2, -0.15) is 0 Å². The number of amides is 1. The Balaban J connectivity index is 1.47. The largest absolute Gasteiger partial charge is 0.296 e. The zero-order chi connectivity index (χ0) is 17.5. The first kappa shape index (κ1) is 18.3. The van der Waals surface area contributed by atoms with Crippen LogP contribution in [0.2, 0.25) is 0 Å². The quantitative estimate of drug-likeness (QED) is 0.220. The average molecular weight is 481 g/mol. The Morgan fingerprint density at radius 2 is 1.84 bits per heavy atom. The second kappa shape index (κ2) is 9.30. The van der Waals surface area contributed by atoms with Crippen molar-refractivity contribution in [3.8, 4) is 0 Å². The average Bonchev–Trinajstić information content (AvgIpc) is 3.07. The molecular formula is C18H16IN3OS2. The van der Waals surface area contributed by atoms with Crippen LogP contribution in [0.5, 0.6) is 0 Å². The summed E-state index contributed by atoms with van der Waals surface area (Å²) in [7, 11) is 0. The highest BCUT2D eigenvalue weighted by Crippen LogP contribution is 2.27. The molecule has 1 aromatic heterocycles. The predicted octanol–water partition coefficient (Wildman–Crippen LogP) is 5.12. The fourth-order valence-electron chi connectivity index (χ4n) is 2.21. The van der Waals surface area contributed by atoms with E-state index < -0.39 is 0 Å². The number of aryl methyl sites for hydroxylation is 1. The second-order valence-corrected chi connectivity index (χ2v) is 8.73. The van der Waals surface area contributed by atoms with Gasteiger partial charge in [-0.05, 0) is 53.1 Å². The fraction of sp³-hybridized carbons (Fsp3) is 0.167. The topological polar surface area (TPSA) is 54.9 Å². The number of anilines is 1. The normalized spacial score (nSPS) is 10.6. The number of aromatic nitrogens is 2. The van der Waals surface area contributed by atoms with Gasteiger partial charge in [-0.15, -0.1) is 10.2 Å². The van der Waals surface area contributed by atoms with E-state index in [4.69, 9.17) is 0 Å². The summed E-state index contributed by atoms with van der Waals surface area (Å²) >= 11 is 5.25. The van der Waals surface area contributed by atoms with Crippen LogP contribution in [-0.2, 0) is 6.42 Å². The highest BCUT2D eigenvalue weighted by atomic mass is 127. The molecule has 128 valence electrons. The summed E-state index contributed by atoms with van der Waals surface area (Å²) in [5.74, 6) is 0.829. The highest BCUT2D eigenvalue weighted by molar-refractivity contribution is 14.1. The van der Waals surface area contributed by atoms with Gasteiger partial charge >= 0.3 is 0 Å². The van der Waals surface area contributed by atoms with Crippen molar-refractivity contribution in [2.45, 2.75) is 17.2 Å². The summed E-state index contributed by atoms with van der Waals surface area (Å²) in [5.41, 5.74) is 2.00. The first-order valence-corrected chi connectivity index (χ1v) is 10.7. The van der Waals surface area contributed by atoms with Crippen molar-refractivity contribution >= 4 is 56.7 Å². The summed E-state index contributed by atoms with van der Waals surface area (Å²) in [6, 6.07) is 17.9. The minimum atomic E-state index is -0.151. The Morgan fingerprint density at radius 3 is 2.64 bits per heavy atom. The van der Waals surface area contributed by atoms with Crippen molar-refractivity contribution in [1.29, 1.82) is 0 Å². The maximum absolute atomic E-state index is 12.3. The van der Waals surface area contributed by atoms with Crippen LogP contribution in [0, 0.1) is 3.57 Å². The van der Waals surface area contributed by atoms with E-state index in [1.807, 2.05) is 24.3 Å². The lowest BCUT2D eigenvalue weighted by atomic mass is 10.1. The number of thioether (sulfide) groups is 1. The van der Waals surface area contributed by atoms with E-state index in [2.05, 4.69) is 62.4 Å². The fourth-order valence-corrected chi connectivity index (χ4v) is 4.60. The van der Waals surface area contributed by atoms with Crippen LogP contribution in [0.3, 0.4) is 0 Å². The lowest BCUT2D eigenvalue weighted by Gasteiger charge is -2.02. The molecule has 1 N–H and O–H groups in total. The molecule has 1 heterocycles. The Kier molecular flexibility index (Phi) is 6.83. The zero-order valence-corrected chi connectivity index (χ0v) is 17.1. The van der Waals surface area contributed by atoms with Crippen molar-refractivity contribution in [2.24, 2.45) is 0 Å². The van der Waals surface area contributed by atoms with Gasteiger partial charge in [0.25, 0.3) is 5.91 Å². The van der Waals surface area contributed by atoms with Gasteiger partial charge in [0.05, 0.1) is 5.56 Å². The monoisotopic (exact) mass is 481 g/mol. The third-order valence-corrected chi connectivity index (χ3v) is 6.42. The third-order valence-electron chi connectivity index (χ3n) is 3.42. The molecule has 1 amide bonds. The number of halogens is 1. The van der Waals surface area contributed by atoms with Gasteiger partial charge in [0.15, 0.2) is 4.34 Å². The number of carbonyl (C=O) groups excluding carboxylic acids is 1. The van der Waals surface area contributed by atoms with E-state index in [1.54, 1.807) is 17.8 Å². The molecule has 0 unspecified atom stereocenters. The van der Waals surface area contributed by atoms with Gasteiger partial charge in [0, 0.05) is 9.32 Å². The van der Waals surface area contributed by atoms with Crippen LogP contribution in [0.25, 0.3) is 0 Å². The number of hydrogen-bond donors (Lipinski definition) is 1.